The van der Waals surface area contributed by atoms with Crippen LogP contribution in [0.2, 0.25) is 0 Å². The zero-order chi connectivity index (χ0) is 13.3. The number of nitrogens with zero attached hydrogens (tertiary/aromatic N) is 2. The standard InChI is InChI=1S/C15H27N3S/c1-12-15(9-6-10-19-12)11-17-14(16)18(15)13-7-4-2-3-5-8-13/h12-13H,2-11H2,1H3,(H2,16,17). The number of thioether (sulfide) groups is 1. The SMILES string of the molecule is CC1SCCCC12CN=C(N)N2C1CCCCCC1. The molecule has 2 heterocycles. The minimum absolute atomic E-state index is 0.238. The number of hydrogen-bond acceptors (Lipinski definition) is 4. The maximum atomic E-state index is 6.30. The molecule has 3 aliphatic rings. The van der Waals surface area contributed by atoms with E-state index in [1.54, 1.807) is 0 Å². The predicted molar refractivity (Wildman–Crippen MR) is 83.7 cm³/mol. The molecule has 2 aliphatic heterocycles. The lowest BCUT2D eigenvalue weighted by atomic mass is 9.86. The van der Waals surface area contributed by atoms with Gasteiger partial charge in [-0.1, -0.05) is 32.6 Å². The topological polar surface area (TPSA) is 41.6 Å². The van der Waals surface area contributed by atoms with Gasteiger partial charge in [-0.3, -0.25) is 4.99 Å². The number of rotatable bonds is 1. The van der Waals surface area contributed by atoms with Gasteiger partial charge in [0.1, 0.15) is 0 Å². The van der Waals surface area contributed by atoms with E-state index in [1.165, 1.54) is 57.1 Å². The van der Waals surface area contributed by atoms with Crippen LogP contribution in [-0.2, 0) is 0 Å². The first kappa shape index (κ1) is 13.6. The fourth-order valence-electron chi connectivity index (χ4n) is 4.19. The van der Waals surface area contributed by atoms with Crippen molar-refractivity contribution in [2.24, 2.45) is 10.7 Å². The van der Waals surface area contributed by atoms with Crippen molar-refractivity contribution in [3.05, 3.63) is 0 Å². The largest absolute Gasteiger partial charge is 0.370 e. The molecule has 1 saturated heterocycles. The third-order valence-electron chi connectivity index (χ3n) is 5.31. The van der Waals surface area contributed by atoms with Crippen molar-refractivity contribution >= 4 is 17.7 Å². The Morgan fingerprint density at radius 1 is 1.21 bits per heavy atom. The monoisotopic (exact) mass is 281 g/mol. The van der Waals surface area contributed by atoms with Gasteiger partial charge in [-0.05, 0) is 31.4 Å². The molecule has 4 heteroatoms. The third kappa shape index (κ3) is 2.37. The lowest BCUT2D eigenvalue weighted by Gasteiger charge is -2.49. The maximum absolute atomic E-state index is 6.30. The Hall–Kier alpha value is -0.380. The van der Waals surface area contributed by atoms with E-state index in [1.807, 2.05) is 0 Å². The Morgan fingerprint density at radius 2 is 1.95 bits per heavy atom. The molecule has 19 heavy (non-hydrogen) atoms. The molecule has 1 aliphatic carbocycles. The highest BCUT2D eigenvalue weighted by Gasteiger charge is 2.50. The molecule has 0 aromatic rings. The van der Waals surface area contributed by atoms with Gasteiger partial charge in [0.25, 0.3) is 0 Å². The van der Waals surface area contributed by atoms with E-state index < -0.39 is 0 Å². The molecular formula is C15H27N3S. The average Bonchev–Trinajstić information content (AvgIpc) is 2.61. The molecule has 0 bridgehead atoms. The van der Waals surface area contributed by atoms with E-state index in [4.69, 9.17) is 5.73 Å². The van der Waals surface area contributed by atoms with Crippen LogP contribution in [0.15, 0.2) is 4.99 Å². The summed E-state index contributed by atoms with van der Waals surface area (Å²) in [6.45, 7) is 3.32. The highest BCUT2D eigenvalue weighted by atomic mass is 32.2. The molecule has 2 atom stereocenters. The third-order valence-corrected chi connectivity index (χ3v) is 6.77. The van der Waals surface area contributed by atoms with Crippen LogP contribution in [0.4, 0.5) is 0 Å². The van der Waals surface area contributed by atoms with Gasteiger partial charge in [-0.15, -0.1) is 0 Å². The van der Waals surface area contributed by atoms with Crippen LogP contribution in [0.1, 0.15) is 58.3 Å². The zero-order valence-electron chi connectivity index (χ0n) is 12.1. The predicted octanol–water partition coefficient (Wildman–Crippen LogP) is 2.99. The Morgan fingerprint density at radius 3 is 2.63 bits per heavy atom. The molecule has 1 saturated carbocycles. The summed E-state index contributed by atoms with van der Waals surface area (Å²) in [6, 6.07) is 0.648. The summed E-state index contributed by atoms with van der Waals surface area (Å²) in [4.78, 5) is 7.22. The van der Waals surface area contributed by atoms with Crippen LogP contribution in [-0.4, -0.2) is 40.0 Å². The van der Waals surface area contributed by atoms with E-state index in [0.29, 0.717) is 11.3 Å². The molecule has 2 fully saturated rings. The molecule has 108 valence electrons. The Bertz CT molecular complexity index is 349. The number of hydrogen-bond donors (Lipinski definition) is 1. The molecule has 3 nitrogen and oxygen atoms in total. The van der Waals surface area contributed by atoms with Crippen LogP contribution in [0.3, 0.4) is 0 Å². The second kappa shape index (κ2) is 5.55. The molecule has 0 aromatic carbocycles. The molecule has 2 unspecified atom stereocenters. The molecule has 0 radical (unpaired) electrons. The summed E-state index contributed by atoms with van der Waals surface area (Å²) in [5.41, 5.74) is 6.53. The number of nitrogens with two attached hydrogens (primary N) is 1. The Labute approximate surface area is 121 Å². The summed E-state index contributed by atoms with van der Waals surface area (Å²) in [6.07, 6.45) is 10.8. The van der Waals surface area contributed by atoms with Crippen LogP contribution in [0, 0.1) is 0 Å². The lowest BCUT2D eigenvalue weighted by molar-refractivity contribution is 0.122. The first-order chi connectivity index (χ1) is 9.24. The van der Waals surface area contributed by atoms with E-state index >= 15 is 0 Å². The molecule has 3 rings (SSSR count). The van der Waals surface area contributed by atoms with Crippen molar-refractivity contribution in [3.8, 4) is 0 Å². The Balaban J connectivity index is 1.84. The van der Waals surface area contributed by atoms with E-state index in [-0.39, 0.29) is 5.54 Å². The zero-order valence-corrected chi connectivity index (χ0v) is 12.9. The summed E-state index contributed by atoms with van der Waals surface area (Å²) < 4.78 is 0. The van der Waals surface area contributed by atoms with Gasteiger partial charge in [-0.25, -0.2) is 0 Å². The summed E-state index contributed by atoms with van der Waals surface area (Å²) in [7, 11) is 0. The smallest absolute Gasteiger partial charge is 0.192 e. The molecule has 2 N–H and O–H groups in total. The van der Waals surface area contributed by atoms with Crippen LogP contribution in [0.5, 0.6) is 0 Å². The summed E-state index contributed by atoms with van der Waals surface area (Å²) in [5.74, 6) is 2.14. The van der Waals surface area contributed by atoms with Crippen molar-refractivity contribution in [1.29, 1.82) is 0 Å². The first-order valence-electron chi connectivity index (χ1n) is 7.95. The highest BCUT2D eigenvalue weighted by molar-refractivity contribution is 8.00. The van der Waals surface area contributed by atoms with E-state index in [9.17, 15) is 0 Å². The quantitative estimate of drug-likeness (QED) is 0.751. The first-order valence-corrected chi connectivity index (χ1v) is 9.00. The van der Waals surface area contributed by atoms with Crippen LogP contribution >= 0.6 is 11.8 Å². The van der Waals surface area contributed by atoms with Gasteiger partial charge < -0.3 is 10.6 Å². The highest BCUT2D eigenvalue weighted by Crippen LogP contribution is 2.43. The van der Waals surface area contributed by atoms with Crippen molar-refractivity contribution < 1.29 is 0 Å². The van der Waals surface area contributed by atoms with Crippen LogP contribution in [0.25, 0.3) is 0 Å². The van der Waals surface area contributed by atoms with E-state index in [2.05, 4.69) is 28.6 Å². The van der Waals surface area contributed by atoms with Gasteiger partial charge in [-0.2, -0.15) is 11.8 Å². The fraction of sp³-hybridized carbons (Fsp3) is 0.933. The van der Waals surface area contributed by atoms with Gasteiger partial charge in [0.15, 0.2) is 5.96 Å². The summed E-state index contributed by atoms with van der Waals surface area (Å²) in [5, 5.41) is 0.661. The fourth-order valence-corrected chi connectivity index (χ4v) is 5.47. The lowest BCUT2D eigenvalue weighted by Crippen LogP contribution is -2.61. The van der Waals surface area contributed by atoms with Crippen molar-refractivity contribution in [1.82, 2.24) is 4.90 Å². The molecule has 1 spiro atoms. The second-order valence-corrected chi connectivity index (χ2v) is 7.86. The summed E-state index contributed by atoms with van der Waals surface area (Å²) >= 11 is 2.12. The van der Waals surface area contributed by atoms with Gasteiger partial charge in [0.05, 0.1) is 12.1 Å². The molecule has 0 amide bonds. The second-order valence-electron chi connectivity index (χ2n) is 6.41. The van der Waals surface area contributed by atoms with Gasteiger partial charge in [0, 0.05) is 11.3 Å². The van der Waals surface area contributed by atoms with Gasteiger partial charge >= 0.3 is 0 Å². The van der Waals surface area contributed by atoms with Gasteiger partial charge in [0.2, 0.25) is 0 Å². The van der Waals surface area contributed by atoms with Crippen molar-refractivity contribution in [2.75, 3.05) is 12.3 Å². The minimum atomic E-state index is 0.238. The van der Waals surface area contributed by atoms with Crippen LogP contribution < -0.4 is 5.73 Å². The van der Waals surface area contributed by atoms with E-state index in [0.717, 1.165) is 12.5 Å². The average molecular weight is 281 g/mol. The normalized spacial score (nSPS) is 37.4. The van der Waals surface area contributed by atoms with Crippen molar-refractivity contribution in [3.63, 3.8) is 0 Å². The minimum Gasteiger partial charge on any atom is -0.370 e. The maximum Gasteiger partial charge on any atom is 0.192 e. The number of aliphatic imine (C=N–C) groups is 1. The Kier molecular flexibility index (Phi) is 3.97. The molecular weight excluding hydrogens is 254 g/mol. The number of guanidine groups is 1. The van der Waals surface area contributed by atoms with Crippen molar-refractivity contribution in [2.45, 2.75) is 75.1 Å². The molecule has 0 aromatic heterocycles.